The molecular weight excluding hydrogens is 262 g/mol. The van der Waals surface area contributed by atoms with Crippen molar-refractivity contribution in [3.63, 3.8) is 0 Å². The molecule has 0 bridgehead atoms. The number of nitrogens with zero attached hydrogens (tertiary/aromatic N) is 1. The molecule has 1 aromatic carbocycles. The smallest absolute Gasteiger partial charge is 0.399 e. The molecule has 8 heteroatoms. The van der Waals surface area contributed by atoms with E-state index >= 15 is 0 Å². The molecule has 2 rings (SSSR count). The van der Waals surface area contributed by atoms with Crippen LogP contribution in [0.3, 0.4) is 0 Å². The lowest BCUT2D eigenvalue weighted by Crippen LogP contribution is -2.02. The second-order valence-corrected chi connectivity index (χ2v) is 4.61. The van der Waals surface area contributed by atoms with Crippen LogP contribution >= 0.6 is 0 Å². The van der Waals surface area contributed by atoms with E-state index in [0.717, 1.165) is 19.7 Å². The van der Waals surface area contributed by atoms with Gasteiger partial charge in [-0.05, 0) is 12.1 Å². The fraction of sp³-hybridized carbons (Fsp3) is 0.300. The van der Waals surface area contributed by atoms with Crippen LogP contribution < -0.4 is 0 Å². The number of aryl methyl sites for hydroxylation is 1. The van der Waals surface area contributed by atoms with E-state index in [2.05, 4.69) is 13.4 Å². The van der Waals surface area contributed by atoms with Crippen molar-refractivity contribution in [1.29, 1.82) is 0 Å². The van der Waals surface area contributed by atoms with Crippen LogP contribution in [0, 0.1) is 6.92 Å². The van der Waals surface area contributed by atoms with Gasteiger partial charge in [0.1, 0.15) is 11.3 Å². The summed E-state index contributed by atoms with van der Waals surface area (Å²) in [6, 6.07) is 4.86. The van der Waals surface area contributed by atoms with E-state index in [4.69, 9.17) is 9.52 Å². The average Bonchev–Trinajstić information content (AvgIpc) is 2.69. The Kier molecular flexibility index (Phi) is 4.65. The summed E-state index contributed by atoms with van der Waals surface area (Å²) in [6.07, 6.45) is 0. The maximum atomic E-state index is 9.92. The molecule has 18 heavy (non-hydrogen) atoms. The Morgan fingerprint density at radius 2 is 1.89 bits per heavy atom. The average molecular weight is 275 g/mol. The third kappa shape index (κ3) is 3.99. The topological polar surface area (TPSA) is 98.9 Å². The summed E-state index contributed by atoms with van der Waals surface area (Å²) < 4.78 is 32.7. The quantitative estimate of drug-likeness (QED) is 0.883. The van der Waals surface area contributed by atoms with Gasteiger partial charge in [0, 0.05) is 13.0 Å². The summed E-state index contributed by atoms with van der Waals surface area (Å²) in [5.74, 6) is 0.819. The predicted molar refractivity (Wildman–Crippen MR) is 63.3 cm³/mol. The monoisotopic (exact) mass is 275 g/mol. The zero-order valence-corrected chi connectivity index (χ0v) is 10.9. The summed E-state index contributed by atoms with van der Waals surface area (Å²) in [7, 11) is -1.60. The molecule has 0 aliphatic rings. The lowest BCUT2D eigenvalue weighted by Gasteiger charge is -1.91. The molecule has 0 saturated heterocycles. The third-order valence-corrected chi connectivity index (χ3v) is 2.70. The standard InChI is InChI=1S/C8H7NO2.C2H6O4S/c1-5-9-7-3-2-6(10)4-8(7)11-5;1-5-7(3,4)6-2/h2-4,10H,1H3;1-2H3. The molecular formula is C10H13NO6S. The molecule has 1 N–H and O–H groups in total. The highest BCUT2D eigenvalue weighted by Gasteiger charge is 2.01. The van der Waals surface area contributed by atoms with Gasteiger partial charge < -0.3 is 9.52 Å². The van der Waals surface area contributed by atoms with E-state index in [-0.39, 0.29) is 5.75 Å². The largest absolute Gasteiger partial charge is 0.508 e. The maximum Gasteiger partial charge on any atom is 0.399 e. The van der Waals surface area contributed by atoms with Gasteiger partial charge in [-0.25, -0.2) is 4.98 Å². The molecule has 0 atom stereocenters. The molecule has 0 aliphatic heterocycles. The number of oxazole rings is 1. The van der Waals surface area contributed by atoms with Gasteiger partial charge in [0.25, 0.3) is 0 Å². The summed E-state index contributed by atoms with van der Waals surface area (Å²) in [6.45, 7) is 1.77. The lowest BCUT2D eigenvalue weighted by atomic mass is 10.3. The molecule has 0 saturated carbocycles. The Morgan fingerprint density at radius 3 is 2.39 bits per heavy atom. The van der Waals surface area contributed by atoms with Gasteiger partial charge >= 0.3 is 10.4 Å². The molecule has 0 spiro atoms. The Morgan fingerprint density at radius 1 is 1.28 bits per heavy atom. The van der Waals surface area contributed by atoms with Gasteiger partial charge in [-0.1, -0.05) is 0 Å². The van der Waals surface area contributed by atoms with Crippen molar-refractivity contribution in [2.75, 3.05) is 14.2 Å². The molecule has 0 fully saturated rings. The number of hydrogen-bond acceptors (Lipinski definition) is 7. The van der Waals surface area contributed by atoms with Crippen LogP contribution in [0.25, 0.3) is 11.1 Å². The number of aromatic nitrogens is 1. The highest BCUT2D eigenvalue weighted by molar-refractivity contribution is 7.81. The van der Waals surface area contributed by atoms with E-state index in [9.17, 15) is 8.42 Å². The van der Waals surface area contributed by atoms with Crippen LogP contribution in [-0.4, -0.2) is 32.7 Å². The second-order valence-electron chi connectivity index (χ2n) is 3.13. The van der Waals surface area contributed by atoms with E-state index in [1.54, 1.807) is 25.1 Å². The minimum absolute atomic E-state index is 0.202. The predicted octanol–water partition coefficient (Wildman–Crippen LogP) is 1.37. The van der Waals surface area contributed by atoms with Crippen LogP contribution in [0.4, 0.5) is 0 Å². The van der Waals surface area contributed by atoms with Crippen LogP contribution in [-0.2, 0) is 18.8 Å². The Hall–Kier alpha value is -1.64. The molecule has 7 nitrogen and oxygen atoms in total. The van der Waals surface area contributed by atoms with Gasteiger partial charge in [0.2, 0.25) is 0 Å². The maximum absolute atomic E-state index is 9.92. The molecule has 1 heterocycles. The molecule has 0 amide bonds. The zero-order chi connectivity index (χ0) is 13.8. The van der Waals surface area contributed by atoms with Gasteiger partial charge in [0.15, 0.2) is 11.5 Å². The van der Waals surface area contributed by atoms with Crippen LogP contribution in [0.5, 0.6) is 5.75 Å². The van der Waals surface area contributed by atoms with Crippen molar-refractivity contribution in [1.82, 2.24) is 4.98 Å². The van der Waals surface area contributed by atoms with Crippen LogP contribution in [0.1, 0.15) is 5.89 Å². The molecule has 0 radical (unpaired) electrons. The van der Waals surface area contributed by atoms with E-state index in [0.29, 0.717) is 11.5 Å². The molecule has 0 unspecified atom stereocenters. The Labute approximate surface area is 104 Å². The van der Waals surface area contributed by atoms with Crippen LogP contribution in [0.2, 0.25) is 0 Å². The van der Waals surface area contributed by atoms with Gasteiger partial charge in [-0.15, -0.1) is 0 Å². The number of hydrogen-bond donors (Lipinski definition) is 1. The van der Waals surface area contributed by atoms with Gasteiger partial charge in [-0.3, -0.25) is 8.37 Å². The molecule has 1 aromatic heterocycles. The van der Waals surface area contributed by atoms with E-state index < -0.39 is 10.4 Å². The number of phenolic OH excluding ortho intramolecular Hbond substituents is 1. The van der Waals surface area contributed by atoms with Crippen LogP contribution in [0.15, 0.2) is 22.6 Å². The fourth-order valence-corrected chi connectivity index (χ4v) is 1.23. The number of phenols is 1. The number of rotatable bonds is 2. The third-order valence-electron chi connectivity index (χ3n) is 1.89. The minimum Gasteiger partial charge on any atom is -0.508 e. The highest BCUT2D eigenvalue weighted by Crippen LogP contribution is 2.19. The SMILES string of the molecule is COS(=O)(=O)OC.Cc1nc2ccc(O)cc2o1. The van der Waals surface area contributed by atoms with E-state index in [1.807, 2.05) is 0 Å². The van der Waals surface area contributed by atoms with Gasteiger partial charge in [0.05, 0.1) is 14.2 Å². The highest BCUT2D eigenvalue weighted by atomic mass is 32.3. The number of aromatic hydroxyl groups is 1. The summed E-state index contributed by atoms with van der Waals surface area (Å²) >= 11 is 0. The Bertz CT molecular complexity index is 608. The van der Waals surface area contributed by atoms with Crippen molar-refractivity contribution in [3.05, 3.63) is 24.1 Å². The van der Waals surface area contributed by atoms with Crippen molar-refractivity contribution < 1.29 is 26.3 Å². The fourth-order valence-electron chi connectivity index (χ4n) is 1.10. The minimum atomic E-state index is -3.66. The van der Waals surface area contributed by atoms with Crippen molar-refractivity contribution in [2.24, 2.45) is 0 Å². The van der Waals surface area contributed by atoms with Crippen molar-refractivity contribution >= 4 is 21.5 Å². The molecule has 2 aromatic rings. The summed E-state index contributed by atoms with van der Waals surface area (Å²) in [5, 5.41) is 9.05. The van der Waals surface area contributed by atoms with Gasteiger partial charge in [-0.2, -0.15) is 8.42 Å². The second kappa shape index (κ2) is 5.80. The normalized spacial score (nSPS) is 11.1. The van der Waals surface area contributed by atoms with E-state index in [1.165, 1.54) is 0 Å². The van der Waals surface area contributed by atoms with Crippen molar-refractivity contribution in [3.8, 4) is 5.75 Å². The lowest BCUT2D eigenvalue weighted by molar-refractivity contribution is 0.286. The summed E-state index contributed by atoms with van der Waals surface area (Å²) in [4.78, 5) is 4.08. The number of benzene rings is 1. The molecule has 0 aliphatic carbocycles. The first-order valence-corrected chi connectivity index (χ1v) is 6.13. The van der Waals surface area contributed by atoms with Crippen molar-refractivity contribution in [2.45, 2.75) is 6.92 Å². The Balaban J connectivity index is 0.000000203. The zero-order valence-electron chi connectivity index (χ0n) is 10.1. The first-order valence-electron chi connectivity index (χ1n) is 4.80. The molecule has 100 valence electrons. The summed E-state index contributed by atoms with van der Waals surface area (Å²) in [5.41, 5.74) is 1.41. The number of fused-ring (bicyclic) bond motifs is 1. The first-order chi connectivity index (χ1) is 8.38. The first kappa shape index (κ1) is 14.4.